The minimum absolute atomic E-state index is 0.0307. The van der Waals surface area contributed by atoms with Crippen LogP contribution in [0.2, 0.25) is 0 Å². The van der Waals surface area contributed by atoms with E-state index in [0.29, 0.717) is 41.7 Å². The van der Waals surface area contributed by atoms with Crippen LogP contribution in [0.25, 0.3) is 11.1 Å². The predicted molar refractivity (Wildman–Crippen MR) is 136 cm³/mol. The zero-order valence-electron chi connectivity index (χ0n) is 20.4. The third kappa shape index (κ3) is 4.37. The van der Waals surface area contributed by atoms with Crippen LogP contribution in [-0.4, -0.2) is 49.8 Å². The summed E-state index contributed by atoms with van der Waals surface area (Å²) in [5.41, 5.74) is 7.17. The fourth-order valence-corrected chi connectivity index (χ4v) is 5.37. The number of rotatable bonds is 4. The lowest BCUT2D eigenvalue weighted by Crippen LogP contribution is -2.45. The summed E-state index contributed by atoms with van der Waals surface area (Å²) in [7, 11) is 0. The van der Waals surface area contributed by atoms with E-state index < -0.39 is 5.76 Å². The molecule has 2 aromatic carbocycles. The van der Waals surface area contributed by atoms with Gasteiger partial charge in [0.25, 0.3) is 5.91 Å². The summed E-state index contributed by atoms with van der Waals surface area (Å²) in [5, 5.41) is 3.35. The van der Waals surface area contributed by atoms with Crippen molar-refractivity contribution in [1.29, 1.82) is 0 Å². The van der Waals surface area contributed by atoms with Crippen LogP contribution in [0.3, 0.4) is 0 Å². The fraction of sp³-hybridized carbons (Fsp3) is 0.333. The van der Waals surface area contributed by atoms with Crippen LogP contribution < -0.4 is 11.1 Å². The lowest BCUT2D eigenvalue weighted by atomic mass is 10.0. The summed E-state index contributed by atoms with van der Waals surface area (Å²) in [6, 6.07) is 11.8. The van der Waals surface area contributed by atoms with Gasteiger partial charge in [-0.1, -0.05) is 6.07 Å². The van der Waals surface area contributed by atoms with Gasteiger partial charge < -0.3 is 14.6 Å². The number of aryl methyl sites for hydroxylation is 2. The summed E-state index contributed by atoms with van der Waals surface area (Å²) < 4.78 is 5.11. The molecule has 0 saturated carbocycles. The highest BCUT2D eigenvalue weighted by Crippen LogP contribution is 2.29. The summed E-state index contributed by atoms with van der Waals surface area (Å²) >= 11 is 0. The molecule has 184 valence electrons. The molecule has 36 heavy (non-hydrogen) atoms. The first-order valence-electron chi connectivity index (χ1n) is 12.3. The number of aromatic nitrogens is 3. The number of nitrogens with zero attached hydrogens (tertiary/aromatic N) is 4. The first kappa shape index (κ1) is 22.5. The van der Waals surface area contributed by atoms with E-state index in [0.717, 1.165) is 37.3 Å². The normalized spacial score (nSPS) is 16.4. The second-order valence-corrected chi connectivity index (χ2v) is 9.82. The molecule has 0 atom stereocenters. The number of nitrogens with one attached hydrogen (secondary N) is 2. The van der Waals surface area contributed by atoms with E-state index in [1.165, 1.54) is 16.7 Å². The molecule has 1 amide bonds. The van der Waals surface area contributed by atoms with E-state index in [1.54, 1.807) is 18.2 Å². The molecule has 4 heterocycles. The SMILES string of the molecule is Cc1cc(C)cc(Nc2ncc3c(n2)CN(C2CCN(C(=O)c4ccc5[nH]c(=O)oc5c4)CC2)C3)c1. The number of fused-ring (bicyclic) bond motifs is 2. The van der Waals surface area contributed by atoms with E-state index in [1.807, 2.05) is 11.1 Å². The van der Waals surface area contributed by atoms with E-state index in [-0.39, 0.29) is 5.91 Å². The van der Waals surface area contributed by atoms with Crippen molar-refractivity contribution in [2.75, 3.05) is 18.4 Å². The van der Waals surface area contributed by atoms with E-state index in [2.05, 4.69) is 52.2 Å². The van der Waals surface area contributed by atoms with Crippen molar-refractivity contribution in [2.45, 2.75) is 45.8 Å². The van der Waals surface area contributed by atoms with Crippen LogP contribution in [0.4, 0.5) is 11.6 Å². The zero-order valence-corrected chi connectivity index (χ0v) is 20.4. The molecule has 0 unspecified atom stereocenters. The zero-order chi connectivity index (χ0) is 24.8. The van der Waals surface area contributed by atoms with Crippen LogP contribution in [0, 0.1) is 13.8 Å². The molecule has 0 aliphatic carbocycles. The number of likely N-dealkylation sites (tertiary alicyclic amines) is 1. The van der Waals surface area contributed by atoms with Gasteiger partial charge >= 0.3 is 5.76 Å². The van der Waals surface area contributed by atoms with Crippen molar-refractivity contribution in [3.63, 3.8) is 0 Å². The van der Waals surface area contributed by atoms with Gasteiger partial charge in [0.05, 0.1) is 11.2 Å². The standard InChI is InChI=1S/C27H28N6O3/c1-16-9-17(2)11-20(10-16)29-26-28-13-19-14-33(15-23(19)30-26)21-5-7-32(8-6-21)25(34)18-3-4-22-24(12-18)36-27(35)31-22/h3-4,9-13,21H,5-8,14-15H2,1-2H3,(H,31,35)(H,28,29,30). The Bertz CT molecular complexity index is 1500. The lowest BCUT2D eigenvalue weighted by molar-refractivity contribution is 0.0613. The molecule has 1 saturated heterocycles. The number of carbonyl (C=O) groups excluding carboxylic acids is 1. The van der Waals surface area contributed by atoms with Gasteiger partial charge in [0.2, 0.25) is 5.95 Å². The van der Waals surface area contributed by atoms with Gasteiger partial charge in [-0.05, 0) is 68.1 Å². The Labute approximate surface area is 208 Å². The largest absolute Gasteiger partial charge is 0.417 e. The highest BCUT2D eigenvalue weighted by atomic mass is 16.4. The number of carbonyl (C=O) groups is 1. The van der Waals surface area contributed by atoms with Crippen molar-refractivity contribution in [3.8, 4) is 0 Å². The third-order valence-electron chi connectivity index (χ3n) is 7.09. The average molecular weight is 485 g/mol. The van der Waals surface area contributed by atoms with Gasteiger partial charge in [0.1, 0.15) is 0 Å². The molecule has 0 bridgehead atoms. The van der Waals surface area contributed by atoms with Gasteiger partial charge in [0, 0.05) is 55.2 Å². The minimum atomic E-state index is -0.514. The number of oxazole rings is 1. The maximum absolute atomic E-state index is 13.0. The molecule has 0 radical (unpaired) electrons. The van der Waals surface area contributed by atoms with Crippen LogP contribution in [0.1, 0.15) is 45.6 Å². The van der Waals surface area contributed by atoms with Crippen LogP contribution >= 0.6 is 0 Å². The molecule has 6 rings (SSSR count). The summed E-state index contributed by atoms with van der Waals surface area (Å²) in [5.74, 6) is 0.0768. The number of hydrogen-bond donors (Lipinski definition) is 2. The molecule has 4 aromatic rings. The first-order valence-corrected chi connectivity index (χ1v) is 12.3. The summed E-state index contributed by atoms with van der Waals surface area (Å²) in [4.78, 5) is 40.7. The van der Waals surface area contributed by atoms with Crippen molar-refractivity contribution in [2.24, 2.45) is 0 Å². The second-order valence-electron chi connectivity index (χ2n) is 9.82. The highest BCUT2D eigenvalue weighted by Gasteiger charge is 2.31. The van der Waals surface area contributed by atoms with Crippen molar-refractivity contribution >= 4 is 28.6 Å². The predicted octanol–water partition coefficient (Wildman–Crippen LogP) is 3.89. The Balaban J connectivity index is 1.08. The summed E-state index contributed by atoms with van der Waals surface area (Å²) in [6.45, 7) is 7.17. The van der Waals surface area contributed by atoms with E-state index >= 15 is 0 Å². The Kier molecular flexibility index (Phi) is 5.56. The number of H-pyrrole nitrogens is 1. The monoisotopic (exact) mass is 484 g/mol. The molecule has 9 nitrogen and oxygen atoms in total. The molecule has 0 spiro atoms. The molecule has 2 aliphatic heterocycles. The smallest absolute Gasteiger partial charge is 0.408 e. The molecule has 2 N–H and O–H groups in total. The molecule has 9 heteroatoms. The third-order valence-corrected chi connectivity index (χ3v) is 7.09. The van der Waals surface area contributed by atoms with Gasteiger partial charge in [-0.2, -0.15) is 0 Å². The van der Waals surface area contributed by atoms with Crippen LogP contribution in [-0.2, 0) is 13.1 Å². The van der Waals surface area contributed by atoms with Crippen molar-refractivity contribution < 1.29 is 9.21 Å². The van der Waals surface area contributed by atoms with E-state index in [4.69, 9.17) is 9.40 Å². The minimum Gasteiger partial charge on any atom is -0.408 e. The fourth-order valence-electron chi connectivity index (χ4n) is 5.37. The second kappa shape index (κ2) is 8.91. The highest BCUT2D eigenvalue weighted by molar-refractivity contribution is 5.97. The Morgan fingerprint density at radius 2 is 1.86 bits per heavy atom. The van der Waals surface area contributed by atoms with Gasteiger partial charge in [-0.25, -0.2) is 14.8 Å². The number of hydrogen-bond acceptors (Lipinski definition) is 7. The number of piperidine rings is 1. The van der Waals surface area contributed by atoms with Crippen molar-refractivity contribution in [1.82, 2.24) is 24.8 Å². The number of anilines is 2. The Hall–Kier alpha value is -3.98. The molecular formula is C27H28N6O3. The first-order chi connectivity index (χ1) is 17.4. The number of amides is 1. The van der Waals surface area contributed by atoms with E-state index in [9.17, 15) is 9.59 Å². The number of aromatic amines is 1. The maximum Gasteiger partial charge on any atom is 0.417 e. The average Bonchev–Trinajstić information content (AvgIpc) is 3.44. The molecule has 1 fully saturated rings. The molecular weight excluding hydrogens is 456 g/mol. The van der Waals surface area contributed by atoms with Gasteiger partial charge in [0.15, 0.2) is 5.58 Å². The Morgan fingerprint density at radius 1 is 1.08 bits per heavy atom. The Morgan fingerprint density at radius 3 is 2.64 bits per heavy atom. The quantitative estimate of drug-likeness (QED) is 0.452. The van der Waals surface area contributed by atoms with Gasteiger partial charge in [-0.15, -0.1) is 0 Å². The maximum atomic E-state index is 13.0. The lowest BCUT2D eigenvalue weighted by Gasteiger charge is -2.36. The number of benzene rings is 2. The van der Waals surface area contributed by atoms with Crippen LogP contribution in [0.15, 0.2) is 51.8 Å². The van der Waals surface area contributed by atoms with Gasteiger partial charge in [-0.3, -0.25) is 14.7 Å². The molecule has 2 aromatic heterocycles. The topological polar surface area (TPSA) is 107 Å². The molecule has 2 aliphatic rings. The van der Waals surface area contributed by atoms with Crippen LogP contribution in [0.5, 0.6) is 0 Å². The summed E-state index contributed by atoms with van der Waals surface area (Å²) in [6.07, 6.45) is 3.74. The van der Waals surface area contributed by atoms with Crippen molar-refractivity contribution in [3.05, 3.63) is 81.1 Å².